The Hall–Kier alpha value is -1.94. The van der Waals surface area contributed by atoms with Gasteiger partial charge in [0.2, 0.25) is 0 Å². The van der Waals surface area contributed by atoms with Crippen molar-refractivity contribution in [3.63, 3.8) is 0 Å². The molecule has 0 bridgehead atoms. The van der Waals surface area contributed by atoms with Crippen LogP contribution in [0.3, 0.4) is 0 Å². The first kappa shape index (κ1) is 16.1. The zero-order valence-corrected chi connectivity index (χ0v) is 12.4. The fraction of sp³-hybridized carbons (Fsp3) is 0.375. The average Bonchev–Trinajstić information content (AvgIpc) is 2.42. The first-order chi connectivity index (χ1) is 9.41. The van der Waals surface area contributed by atoms with E-state index in [1.54, 1.807) is 25.9 Å². The Morgan fingerprint density at radius 2 is 1.85 bits per heavy atom. The molecule has 108 valence electrons. The largest absolute Gasteiger partial charge is 0.383 e. The summed E-state index contributed by atoms with van der Waals surface area (Å²) in [5.41, 5.74) is 1.16. The second-order valence-corrected chi connectivity index (χ2v) is 4.87. The van der Waals surface area contributed by atoms with Crippen LogP contribution in [-0.4, -0.2) is 36.7 Å². The zero-order valence-electron chi connectivity index (χ0n) is 12.4. The molecule has 1 atom stereocenters. The SMILES string of the molecule is CC(=O)/C(=C\N(C)C)C(=O)C(C)OCc1ccccc1. The molecule has 0 fully saturated rings. The van der Waals surface area contributed by atoms with Crippen molar-refractivity contribution in [2.24, 2.45) is 0 Å². The molecule has 20 heavy (non-hydrogen) atoms. The van der Waals surface area contributed by atoms with Crippen LogP contribution in [0.25, 0.3) is 0 Å². The van der Waals surface area contributed by atoms with Crippen LogP contribution >= 0.6 is 0 Å². The van der Waals surface area contributed by atoms with Crippen LogP contribution in [0.1, 0.15) is 19.4 Å². The Balaban J connectivity index is 2.68. The number of hydrogen-bond acceptors (Lipinski definition) is 4. The predicted octanol–water partition coefficient (Wildman–Crippen LogP) is 2.20. The maximum Gasteiger partial charge on any atom is 0.196 e. The molecular weight excluding hydrogens is 254 g/mol. The molecule has 1 aromatic carbocycles. The van der Waals surface area contributed by atoms with Crippen molar-refractivity contribution < 1.29 is 14.3 Å². The van der Waals surface area contributed by atoms with Crippen LogP contribution in [0.4, 0.5) is 0 Å². The first-order valence-electron chi connectivity index (χ1n) is 6.50. The number of carbonyl (C=O) groups is 2. The Kier molecular flexibility index (Phi) is 6.12. The summed E-state index contributed by atoms with van der Waals surface area (Å²) < 4.78 is 5.54. The summed E-state index contributed by atoms with van der Waals surface area (Å²) in [5.74, 6) is -0.541. The summed E-state index contributed by atoms with van der Waals surface area (Å²) in [6.45, 7) is 3.40. The van der Waals surface area contributed by atoms with E-state index < -0.39 is 6.10 Å². The monoisotopic (exact) mass is 275 g/mol. The summed E-state index contributed by atoms with van der Waals surface area (Å²) >= 11 is 0. The second kappa shape index (κ2) is 7.60. The van der Waals surface area contributed by atoms with E-state index in [9.17, 15) is 9.59 Å². The van der Waals surface area contributed by atoms with Crippen molar-refractivity contribution in [3.8, 4) is 0 Å². The molecule has 0 aliphatic rings. The van der Waals surface area contributed by atoms with E-state index in [2.05, 4.69) is 0 Å². The van der Waals surface area contributed by atoms with Crippen molar-refractivity contribution in [3.05, 3.63) is 47.7 Å². The standard InChI is InChI=1S/C16H21NO3/c1-12(18)15(10-17(3)4)16(19)13(2)20-11-14-8-6-5-7-9-14/h5-10,13H,11H2,1-4H3/b15-10+. The minimum atomic E-state index is -0.648. The normalized spacial score (nSPS) is 12.9. The third kappa shape index (κ3) is 4.97. The second-order valence-electron chi connectivity index (χ2n) is 4.87. The van der Waals surface area contributed by atoms with E-state index in [1.807, 2.05) is 30.3 Å². The summed E-state index contributed by atoms with van der Waals surface area (Å²) in [6, 6.07) is 9.61. The maximum atomic E-state index is 12.2. The van der Waals surface area contributed by atoms with E-state index in [4.69, 9.17) is 4.74 Å². The molecule has 0 aliphatic carbocycles. The van der Waals surface area contributed by atoms with Gasteiger partial charge in [0.1, 0.15) is 6.10 Å². The van der Waals surface area contributed by atoms with Crippen molar-refractivity contribution >= 4 is 11.6 Å². The van der Waals surface area contributed by atoms with Crippen LogP contribution in [0.15, 0.2) is 42.1 Å². The number of ether oxygens (including phenoxy) is 1. The molecule has 0 N–H and O–H groups in total. The Morgan fingerprint density at radius 1 is 1.25 bits per heavy atom. The lowest BCUT2D eigenvalue weighted by atomic mass is 10.0. The van der Waals surface area contributed by atoms with E-state index in [0.717, 1.165) is 5.56 Å². The molecule has 0 aromatic heterocycles. The fourth-order valence-electron chi connectivity index (χ4n) is 1.68. The number of Topliss-reactive ketones (excluding diaryl/α,β-unsaturated/α-hetero) is 2. The predicted molar refractivity (Wildman–Crippen MR) is 78.2 cm³/mol. The van der Waals surface area contributed by atoms with E-state index in [-0.39, 0.29) is 17.1 Å². The first-order valence-corrected chi connectivity index (χ1v) is 6.50. The van der Waals surface area contributed by atoms with E-state index >= 15 is 0 Å². The highest BCUT2D eigenvalue weighted by Crippen LogP contribution is 2.09. The van der Waals surface area contributed by atoms with Crippen LogP contribution in [0.5, 0.6) is 0 Å². The van der Waals surface area contributed by atoms with E-state index in [1.165, 1.54) is 13.1 Å². The van der Waals surface area contributed by atoms with Crippen molar-refractivity contribution in [1.29, 1.82) is 0 Å². The van der Waals surface area contributed by atoms with Gasteiger partial charge in [0.05, 0.1) is 12.2 Å². The molecule has 4 heteroatoms. The number of carbonyl (C=O) groups excluding carboxylic acids is 2. The van der Waals surface area contributed by atoms with Gasteiger partial charge in [-0.05, 0) is 19.4 Å². The minimum Gasteiger partial charge on any atom is -0.383 e. The van der Waals surface area contributed by atoms with Gasteiger partial charge in [-0.3, -0.25) is 9.59 Å². The smallest absolute Gasteiger partial charge is 0.196 e. The van der Waals surface area contributed by atoms with Gasteiger partial charge in [-0.2, -0.15) is 0 Å². The Labute approximate surface area is 120 Å². The molecule has 0 aliphatic heterocycles. The van der Waals surface area contributed by atoms with Gasteiger partial charge in [-0.1, -0.05) is 30.3 Å². The maximum absolute atomic E-state index is 12.2. The molecule has 0 radical (unpaired) electrons. The Bertz CT molecular complexity index is 492. The molecule has 1 unspecified atom stereocenters. The topological polar surface area (TPSA) is 46.6 Å². The molecular formula is C16H21NO3. The number of nitrogens with zero attached hydrogens (tertiary/aromatic N) is 1. The number of rotatable bonds is 7. The molecule has 0 heterocycles. The van der Waals surface area contributed by atoms with Crippen LogP contribution in [0.2, 0.25) is 0 Å². The molecule has 4 nitrogen and oxygen atoms in total. The van der Waals surface area contributed by atoms with Crippen molar-refractivity contribution in [2.45, 2.75) is 26.6 Å². The van der Waals surface area contributed by atoms with Crippen molar-refractivity contribution in [1.82, 2.24) is 4.90 Å². The average molecular weight is 275 g/mol. The molecule has 0 saturated carbocycles. The van der Waals surface area contributed by atoms with Crippen LogP contribution in [0, 0.1) is 0 Å². The van der Waals surface area contributed by atoms with Gasteiger partial charge in [0, 0.05) is 20.3 Å². The van der Waals surface area contributed by atoms with E-state index in [0.29, 0.717) is 6.61 Å². The molecule has 1 rings (SSSR count). The van der Waals surface area contributed by atoms with Crippen LogP contribution in [-0.2, 0) is 20.9 Å². The number of hydrogen-bond donors (Lipinski definition) is 0. The molecule has 0 saturated heterocycles. The number of benzene rings is 1. The van der Waals surface area contributed by atoms with Gasteiger partial charge >= 0.3 is 0 Å². The minimum absolute atomic E-state index is 0.163. The molecule has 0 amide bonds. The summed E-state index contributed by atoms with van der Waals surface area (Å²) in [4.78, 5) is 25.4. The zero-order chi connectivity index (χ0) is 15.1. The third-order valence-corrected chi connectivity index (χ3v) is 2.74. The van der Waals surface area contributed by atoms with Gasteiger partial charge < -0.3 is 9.64 Å². The number of ketones is 2. The highest BCUT2D eigenvalue weighted by Gasteiger charge is 2.22. The lowest BCUT2D eigenvalue weighted by Crippen LogP contribution is -2.26. The van der Waals surface area contributed by atoms with Gasteiger partial charge in [-0.25, -0.2) is 0 Å². The summed E-state index contributed by atoms with van der Waals surface area (Å²) in [5, 5.41) is 0. The third-order valence-electron chi connectivity index (χ3n) is 2.74. The van der Waals surface area contributed by atoms with Crippen molar-refractivity contribution in [2.75, 3.05) is 14.1 Å². The van der Waals surface area contributed by atoms with Gasteiger partial charge in [0.25, 0.3) is 0 Å². The fourth-order valence-corrected chi connectivity index (χ4v) is 1.68. The quantitative estimate of drug-likeness (QED) is 0.435. The van der Waals surface area contributed by atoms with Crippen LogP contribution < -0.4 is 0 Å². The Morgan fingerprint density at radius 3 is 2.35 bits per heavy atom. The summed E-state index contributed by atoms with van der Waals surface area (Å²) in [7, 11) is 3.54. The summed E-state index contributed by atoms with van der Waals surface area (Å²) in [6.07, 6.45) is 0.887. The molecule has 1 aromatic rings. The lowest BCUT2D eigenvalue weighted by molar-refractivity contribution is -0.128. The van der Waals surface area contributed by atoms with Gasteiger partial charge in [0.15, 0.2) is 11.6 Å². The highest BCUT2D eigenvalue weighted by atomic mass is 16.5. The molecule has 0 spiro atoms. The lowest BCUT2D eigenvalue weighted by Gasteiger charge is -2.15. The van der Waals surface area contributed by atoms with Gasteiger partial charge in [-0.15, -0.1) is 0 Å². The highest BCUT2D eigenvalue weighted by molar-refractivity contribution is 6.20.